The predicted octanol–water partition coefficient (Wildman–Crippen LogP) is -1.38. The number of carbonyl (C=O) groups is 1. The van der Waals surface area contributed by atoms with Crippen LogP contribution in [0.25, 0.3) is 0 Å². The van der Waals surface area contributed by atoms with Crippen LogP contribution in [-0.2, 0) is 23.9 Å². The number of rotatable bonds is 4. The van der Waals surface area contributed by atoms with E-state index >= 15 is 0 Å². The maximum atomic E-state index is 11.4. The van der Waals surface area contributed by atoms with Crippen LogP contribution in [0.15, 0.2) is 30.3 Å². The summed E-state index contributed by atoms with van der Waals surface area (Å²) in [6.45, 7) is 0. The minimum absolute atomic E-state index is 0.0847. The molecule has 0 amide bonds. The summed E-state index contributed by atoms with van der Waals surface area (Å²) < 4.78 is 30.5. The lowest BCUT2D eigenvalue weighted by atomic mass is 10.1. The summed E-state index contributed by atoms with van der Waals surface area (Å²) in [5.74, 6) is -0.722. The molecule has 0 saturated heterocycles. The molecule has 0 aromatic heterocycles. The molecular weight excluding hydrogens is 246 g/mol. The molecule has 17 heavy (non-hydrogen) atoms. The molecule has 1 aromatic rings. The standard InChI is InChI=1S/C10H11NO5S/c1-15-10(12)9(11-16-17(2,13)14)8-6-4-3-5-7-8/h3-7H,1-2H3/p+1/b11-9+. The van der Waals surface area contributed by atoms with Crippen molar-refractivity contribution in [2.75, 3.05) is 13.4 Å². The molecule has 0 aliphatic rings. The quantitative estimate of drug-likeness (QED) is 0.409. The van der Waals surface area contributed by atoms with Crippen molar-refractivity contribution in [2.24, 2.45) is 0 Å². The zero-order valence-corrected chi connectivity index (χ0v) is 10.2. The molecule has 0 spiro atoms. The Hall–Kier alpha value is -1.89. The van der Waals surface area contributed by atoms with E-state index in [0.717, 1.165) is 6.26 Å². The van der Waals surface area contributed by atoms with Crippen LogP contribution in [0.5, 0.6) is 0 Å². The van der Waals surface area contributed by atoms with Crippen LogP contribution in [0.3, 0.4) is 0 Å². The van der Waals surface area contributed by atoms with Crippen LogP contribution < -0.4 is 5.16 Å². The maximum Gasteiger partial charge on any atom is 0.408 e. The summed E-state index contributed by atoms with van der Waals surface area (Å²) in [6, 6.07) is 8.38. The van der Waals surface area contributed by atoms with Crippen LogP contribution >= 0.6 is 0 Å². The van der Waals surface area contributed by atoms with Crippen molar-refractivity contribution in [1.82, 2.24) is 0 Å². The van der Waals surface area contributed by atoms with Gasteiger partial charge in [0.15, 0.2) is 0 Å². The van der Waals surface area contributed by atoms with Crippen LogP contribution in [0, 0.1) is 0 Å². The van der Waals surface area contributed by atoms with Crippen LogP contribution in [0.2, 0.25) is 0 Å². The highest BCUT2D eigenvalue weighted by molar-refractivity contribution is 7.85. The van der Waals surface area contributed by atoms with Gasteiger partial charge in [-0.2, -0.15) is 8.42 Å². The Morgan fingerprint density at radius 2 is 1.82 bits per heavy atom. The molecule has 0 aliphatic carbocycles. The van der Waals surface area contributed by atoms with E-state index in [4.69, 9.17) is 0 Å². The Balaban J connectivity index is 3.10. The SMILES string of the molecule is COC(=O)/C(=[NH+]/OS(C)(=O)=O)c1ccccc1. The number of hydrogen-bond acceptors (Lipinski definition) is 5. The molecule has 1 aromatic carbocycles. The van der Waals surface area contributed by atoms with Gasteiger partial charge in [0.05, 0.1) is 18.9 Å². The first-order valence-electron chi connectivity index (χ1n) is 4.59. The number of carbonyl (C=O) groups excluding carboxylic acids is 1. The van der Waals surface area contributed by atoms with E-state index in [1.807, 2.05) is 0 Å². The molecule has 0 aliphatic heterocycles. The van der Waals surface area contributed by atoms with Gasteiger partial charge < -0.3 is 4.74 Å². The van der Waals surface area contributed by atoms with Crippen molar-refractivity contribution in [3.05, 3.63) is 35.9 Å². The van der Waals surface area contributed by atoms with E-state index in [2.05, 4.69) is 14.2 Å². The Morgan fingerprint density at radius 3 is 2.29 bits per heavy atom. The highest BCUT2D eigenvalue weighted by atomic mass is 32.2. The van der Waals surface area contributed by atoms with E-state index in [1.165, 1.54) is 7.11 Å². The first-order chi connectivity index (χ1) is 7.94. The molecule has 0 radical (unpaired) electrons. The van der Waals surface area contributed by atoms with E-state index in [1.54, 1.807) is 30.3 Å². The van der Waals surface area contributed by atoms with Crippen LogP contribution in [0.1, 0.15) is 5.56 Å². The number of nitrogens with one attached hydrogen (secondary N) is 1. The van der Waals surface area contributed by atoms with Crippen LogP contribution in [-0.4, -0.2) is 33.5 Å². The number of benzene rings is 1. The van der Waals surface area contributed by atoms with Crippen LogP contribution in [0.4, 0.5) is 0 Å². The smallest absolute Gasteiger partial charge is 0.408 e. The van der Waals surface area contributed by atoms with E-state index < -0.39 is 16.1 Å². The molecule has 6 nitrogen and oxygen atoms in total. The van der Waals surface area contributed by atoms with Gasteiger partial charge in [0.25, 0.3) is 0 Å². The molecule has 92 valence electrons. The van der Waals surface area contributed by atoms with Crippen molar-refractivity contribution in [2.45, 2.75) is 0 Å². The second-order valence-corrected chi connectivity index (χ2v) is 4.70. The molecule has 1 rings (SSSR count). The Labute approximate surface area is 99.0 Å². The second-order valence-electron chi connectivity index (χ2n) is 3.12. The fourth-order valence-electron chi connectivity index (χ4n) is 1.04. The topological polar surface area (TPSA) is 83.6 Å². The van der Waals surface area contributed by atoms with E-state index in [-0.39, 0.29) is 5.71 Å². The third kappa shape index (κ3) is 4.23. The summed E-state index contributed by atoms with van der Waals surface area (Å²) in [4.78, 5) is 11.4. The van der Waals surface area contributed by atoms with Crippen molar-refractivity contribution in [1.29, 1.82) is 0 Å². The lowest BCUT2D eigenvalue weighted by Crippen LogP contribution is -2.74. The lowest BCUT2D eigenvalue weighted by Gasteiger charge is -1.97. The number of esters is 1. The van der Waals surface area contributed by atoms with Gasteiger partial charge in [-0.1, -0.05) is 18.2 Å². The van der Waals surface area contributed by atoms with Gasteiger partial charge >= 0.3 is 21.8 Å². The normalized spacial score (nSPS) is 12.0. The first kappa shape index (κ1) is 13.2. The van der Waals surface area contributed by atoms with E-state index in [9.17, 15) is 13.2 Å². The summed E-state index contributed by atoms with van der Waals surface area (Å²) in [5.41, 5.74) is 0.376. The zero-order valence-electron chi connectivity index (χ0n) is 9.34. The average Bonchev–Trinajstić information content (AvgIpc) is 2.29. The van der Waals surface area contributed by atoms with Gasteiger partial charge in [-0.25, -0.2) is 4.79 Å². The monoisotopic (exact) mass is 258 g/mol. The molecule has 0 fully saturated rings. The second kappa shape index (κ2) is 5.44. The van der Waals surface area contributed by atoms with E-state index in [0.29, 0.717) is 5.56 Å². The van der Waals surface area contributed by atoms with Crippen molar-refractivity contribution in [3.8, 4) is 0 Å². The molecule has 0 heterocycles. The molecule has 7 heteroatoms. The van der Waals surface area contributed by atoms with Crippen molar-refractivity contribution >= 4 is 21.8 Å². The third-order valence-electron chi connectivity index (χ3n) is 1.75. The summed E-state index contributed by atoms with van der Waals surface area (Å²) >= 11 is 0. The number of methoxy groups -OCH3 is 1. The fourth-order valence-corrected chi connectivity index (χ4v) is 1.28. The number of ether oxygens (including phenoxy) is 1. The van der Waals surface area contributed by atoms with Gasteiger partial charge in [0.2, 0.25) is 0 Å². The summed E-state index contributed by atoms with van der Waals surface area (Å²) in [5, 5.41) is 2.08. The zero-order chi connectivity index (χ0) is 12.9. The first-order valence-corrected chi connectivity index (χ1v) is 6.41. The Morgan fingerprint density at radius 1 is 1.24 bits per heavy atom. The minimum Gasteiger partial charge on any atom is -0.461 e. The molecule has 0 saturated carbocycles. The van der Waals surface area contributed by atoms with Gasteiger partial charge in [-0.15, -0.1) is 4.28 Å². The highest BCUT2D eigenvalue weighted by Gasteiger charge is 2.23. The Bertz CT molecular complexity index is 521. The molecule has 0 bridgehead atoms. The van der Waals surface area contributed by atoms with Gasteiger partial charge in [-0.05, 0) is 17.3 Å². The highest BCUT2D eigenvalue weighted by Crippen LogP contribution is 1.98. The number of hydrogen-bond donors (Lipinski definition) is 1. The van der Waals surface area contributed by atoms with Gasteiger partial charge in [0, 0.05) is 0 Å². The predicted molar refractivity (Wildman–Crippen MR) is 59.5 cm³/mol. The molecule has 0 unspecified atom stereocenters. The largest absolute Gasteiger partial charge is 0.461 e. The van der Waals surface area contributed by atoms with Gasteiger partial charge in [0.1, 0.15) is 0 Å². The van der Waals surface area contributed by atoms with Crippen molar-refractivity contribution < 1.29 is 27.4 Å². The summed E-state index contributed by atoms with van der Waals surface area (Å²) in [7, 11) is -2.52. The average molecular weight is 258 g/mol. The van der Waals surface area contributed by atoms with Gasteiger partial charge in [-0.3, -0.25) is 0 Å². The maximum absolute atomic E-state index is 11.4. The third-order valence-corrected chi connectivity index (χ3v) is 2.13. The minimum atomic E-state index is -3.71. The Kier molecular flexibility index (Phi) is 4.22. The van der Waals surface area contributed by atoms with Crippen molar-refractivity contribution in [3.63, 3.8) is 0 Å². The fraction of sp³-hybridized carbons (Fsp3) is 0.200. The summed E-state index contributed by atoms with van der Waals surface area (Å²) in [6.07, 6.45) is 0.861. The molecule has 1 N–H and O–H groups in total. The molecular formula is C10H12NO5S+. The lowest BCUT2D eigenvalue weighted by molar-refractivity contribution is -0.703. The molecule has 0 atom stereocenters.